The van der Waals surface area contributed by atoms with Gasteiger partial charge in [0.2, 0.25) is 0 Å². The minimum absolute atomic E-state index is 0.288. The second-order valence-electron chi connectivity index (χ2n) is 7.23. The van der Waals surface area contributed by atoms with Crippen LogP contribution in [-0.2, 0) is 4.79 Å². The van der Waals surface area contributed by atoms with Gasteiger partial charge in [0.05, 0.1) is 0 Å². The lowest BCUT2D eigenvalue weighted by molar-refractivity contribution is -0.138. The molecule has 0 aliphatic rings. The molecule has 31 heavy (non-hydrogen) atoms. The molecule has 2 unspecified atom stereocenters. The van der Waals surface area contributed by atoms with Crippen LogP contribution in [0.1, 0.15) is 36.2 Å². The van der Waals surface area contributed by atoms with Crippen LogP contribution in [0.4, 0.5) is 5.69 Å². The molecule has 0 saturated carbocycles. The summed E-state index contributed by atoms with van der Waals surface area (Å²) in [6.45, 7) is 5.49. The number of amides is 1. The summed E-state index contributed by atoms with van der Waals surface area (Å²) >= 11 is 5.17. The zero-order valence-corrected chi connectivity index (χ0v) is 18.4. The fourth-order valence-electron chi connectivity index (χ4n) is 3.32. The van der Waals surface area contributed by atoms with Gasteiger partial charge in [0.25, 0.3) is 5.91 Å². The number of aryl methyl sites for hydroxylation is 1. The average molecular weight is 440 g/mol. The van der Waals surface area contributed by atoms with E-state index in [9.17, 15) is 14.7 Å². The number of rotatable bonds is 8. The molecule has 0 aliphatic carbocycles. The van der Waals surface area contributed by atoms with E-state index in [-0.39, 0.29) is 5.91 Å². The Bertz CT molecular complexity index is 1110. The average Bonchev–Trinajstić information content (AvgIpc) is 3.20. The maximum atomic E-state index is 12.9. The van der Waals surface area contributed by atoms with Gasteiger partial charge in [-0.1, -0.05) is 24.6 Å². The first-order valence-corrected chi connectivity index (χ1v) is 10.3. The Kier molecular flexibility index (Phi) is 6.86. The summed E-state index contributed by atoms with van der Waals surface area (Å²) in [5.41, 5.74) is 3.05. The number of carbonyl (C=O) groups is 2. The lowest BCUT2D eigenvalue weighted by Gasteiger charge is -2.36. The maximum absolute atomic E-state index is 12.9. The molecule has 0 spiro atoms. The molecule has 0 aliphatic heterocycles. The number of carbonyl (C=O) groups excluding carboxylic acids is 1. The number of carboxylic acid groups (broad SMARTS) is 1. The molecule has 3 aromatic rings. The number of aromatic amines is 1. The Labute approximate surface area is 185 Å². The van der Waals surface area contributed by atoms with E-state index in [1.54, 1.807) is 47.0 Å². The molecule has 3 N–H and O–H groups in total. The maximum Gasteiger partial charge on any atom is 0.326 e. The normalized spacial score (nSPS) is 12.7. The third-order valence-electron chi connectivity index (χ3n) is 5.09. The van der Waals surface area contributed by atoms with Gasteiger partial charge in [-0.25, -0.2) is 4.79 Å². The number of H-pyrrole nitrogens is 1. The lowest BCUT2D eigenvalue weighted by Crippen LogP contribution is -2.54. The van der Waals surface area contributed by atoms with Crippen molar-refractivity contribution in [2.45, 2.75) is 39.4 Å². The van der Waals surface area contributed by atoms with Crippen molar-refractivity contribution in [1.29, 1.82) is 0 Å². The van der Waals surface area contributed by atoms with Crippen LogP contribution < -0.4 is 10.2 Å². The second-order valence-corrected chi connectivity index (χ2v) is 7.62. The van der Waals surface area contributed by atoms with E-state index in [0.29, 0.717) is 16.8 Å². The molecular formula is C22H25N5O3S. The molecule has 162 valence electrons. The zero-order valence-electron chi connectivity index (χ0n) is 17.6. The smallest absolute Gasteiger partial charge is 0.326 e. The molecule has 2 atom stereocenters. The number of hydrogen-bond acceptors (Lipinski definition) is 5. The molecule has 1 heterocycles. The van der Waals surface area contributed by atoms with Crippen molar-refractivity contribution in [3.63, 3.8) is 0 Å². The quantitative estimate of drug-likeness (QED) is 0.365. The highest BCUT2D eigenvalue weighted by Crippen LogP contribution is 2.22. The van der Waals surface area contributed by atoms with Crippen molar-refractivity contribution < 1.29 is 14.7 Å². The highest BCUT2D eigenvalue weighted by atomic mass is 32.1. The van der Waals surface area contributed by atoms with Crippen molar-refractivity contribution in [2.24, 2.45) is 0 Å². The number of hydrogen-bond donors (Lipinski definition) is 3. The Morgan fingerprint density at radius 1 is 1.19 bits per heavy atom. The summed E-state index contributed by atoms with van der Waals surface area (Å²) in [6, 6.07) is 13.7. The third-order valence-corrected chi connectivity index (χ3v) is 5.37. The first-order valence-electron chi connectivity index (χ1n) is 9.93. The van der Waals surface area contributed by atoms with Gasteiger partial charge in [-0.15, -0.1) is 0 Å². The lowest BCUT2D eigenvalue weighted by atomic mass is 10.1. The minimum atomic E-state index is -0.963. The Morgan fingerprint density at radius 2 is 1.84 bits per heavy atom. The van der Waals surface area contributed by atoms with E-state index in [1.807, 2.05) is 38.1 Å². The van der Waals surface area contributed by atoms with E-state index < -0.39 is 18.2 Å². The SMILES string of the molecule is CCC(NC(=O)c1ccc(-n2cn[nH]c2=S)cc1)N(c1ccc(C)cc1)C(C)C(=O)O. The Balaban J connectivity index is 1.83. The summed E-state index contributed by atoms with van der Waals surface area (Å²) in [6.07, 6.45) is 1.60. The van der Waals surface area contributed by atoms with E-state index in [0.717, 1.165) is 16.9 Å². The van der Waals surface area contributed by atoms with E-state index >= 15 is 0 Å². The highest BCUT2D eigenvalue weighted by Gasteiger charge is 2.28. The van der Waals surface area contributed by atoms with Crippen molar-refractivity contribution in [1.82, 2.24) is 20.1 Å². The minimum Gasteiger partial charge on any atom is -0.480 e. The Hall–Kier alpha value is -3.46. The van der Waals surface area contributed by atoms with Crippen molar-refractivity contribution in [2.75, 3.05) is 4.90 Å². The molecule has 0 radical (unpaired) electrons. The summed E-state index contributed by atoms with van der Waals surface area (Å²) in [5.74, 6) is -1.25. The summed E-state index contributed by atoms with van der Waals surface area (Å²) in [5, 5.41) is 19.2. The monoisotopic (exact) mass is 439 g/mol. The standard InChI is InChI=1S/C22H25N5O3S/c1-4-19(27(15(3)21(29)30)18-9-5-14(2)6-10-18)24-20(28)16-7-11-17(12-8-16)26-13-23-25-22(26)31/h5-13,15,19H,4H2,1-3H3,(H,24,28)(H,25,31)(H,29,30). The van der Waals surface area contributed by atoms with Gasteiger partial charge in [-0.05, 0) is 68.9 Å². The summed E-state index contributed by atoms with van der Waals surface area (Å²) in [7, 11) is 0. The zero-order chi connectivity index (χ0) is 22.5. The Morgan fingerprint density at radius 3 is 2.35 bits per heavy atom. The van der Waals surface area contributed by atoms with E-state index in [2.05, 4.69) is 15.5 Å². The van der Waals surface area contributed by atoms with Gasteiger partial charge in [0.15, 0.2) is 4.77 Å². The van der Waals surface area contributed by atoms with E-state index in [4.69, 9.17) is 12.2 Å². The van der Waals surface area contributed by atoms with Crippen molar-refractivity contribution >= 4 is 29.8 Å². The number of nitrogens with zero attached hydrogens (tertiary/aromatic N) is 3. The largest absolute Gasteiger partial charge is 0.480 e. The fourth-order valence-corrected chi connectivity index (χ4v) is 3.52. The molecule has 1 amide bonds. The highest BCUT2D eigenvalue weighted by molar-refractivity contribution is 7.71. The molecular weight excluding hydrogens is 414 g/mol. The van der Waals surface area contributed by atoms with Crippen LogP contribution >= 0.6 is 12.2 Å². The summed E-state index contributed by atoms with van der Waals surface area (Å²) in [4.78, 5) is 26.4. The topological polar surface area (TPSA) is 103 Å². The van der Waals surface area contributed by atoms with Crippen LogP contribution in [0.2, 0.25) is 0 Å². The molecule has 0 fully saturated rings. The molecule has 0 bridgehead atoms. The van der Waals surface area contributed by atoms with Crippen LogP contribution in [0.15, 0.2) is 54.9 Å². The number of aromatic nitrogens is 3. The van der Waals surface area contributed by atoms with Gasteiger partial charge in [-0.3, -0.25) is 14.5 Å². The molecule has 1 aromatic heterocycles. The van der Waals surface area contributed by atoms with Gasteiger partial charge < -0.3 is 15.3 Å². The predicted octanol–water partition coefficient (Wildman–Crippen LogP) is 3.68. The fraction of sp³-hybridized carbons (Fsp3) is 0.273. The number of aliphatic carboxylic acids is 1. The van der Waals surface area contributed by atoms with Crippen LogP contribution in [0.3, 0.4) is 0 Å². The predicted molar refractivity (Wildman–Crippen MR) is 121 cm³/mol. The molecule has 8 nitrogen and oxygen atoms in total. The van der Waals surface area contributed by atoms with Crippen molar-refractivity contribution in [3.8, 4) is 5.69 Å². The van der Waals surface area contributed by atoms with Gasteiger partial charge >= 0.3 is 5.97 Å². The van der Waals surface area contributed by atoms with Crippen LogP contribution in [0.25, 0.3) is 5.69 Å². The first kappa shape index (κ1) is 22.2. The van der Waals surface area contributed by atoms with Gasteiger partial charge in [-0.2, -0.15) is 5.10 Å². The molecule has 9 heteroatoms. The molecule has 3 rings (SSSR count). The number of carboxylic acids is 1. The molecule has 2 aromatic carbocycles. The number of anilines is 1. The number of nitrogens with one attached hydrogen (secondary N) is 2. The van der Waals surface area contributed by atoms with Crippen LogP contribution in [0.5, 0.6) is 0 Å². The van der Waals surface area contributed by atoms with Crippen LogP contribution in [0, 0.1) is 11.7 Å². The molecule has 0 saturated heterocycles. The third kappa shape index (κ3) is 5.00. The first-order chi connectivity index (χ1) is 14.8. The van der Waals surface area contributed by atoms with Gasteiger partial charge in [0.1, 0.15) is 18.5 Å². The second kappa shape index (κ2) is 9.57. The number of benzene rings is 2. The summed E-state index contributed by atoms with van der Waals surface area (Å²) < 4.78 is 2.15. The van der Waals surface area contributed by atoms with Gasteiger partial charge in [0, 0.05) is 16.9 Å². The van der Waals surface area contributed by atoms with Crippen molar-refractivity contribution in [3.05, 3.63) is 70.8 Å². The van der Waals surface area contributed by atoms with Crippen LogP contribution in [-0.4, -0.2) is 44.0 Å². The van der Waals surface area contributed by atoms with E-state index in [1.165, 1.54) is 0 Å².